The highest BCUT2D eigenvalue weighted by Crippen LogP contribution is 2.61. The zero-order valence-corrected chi connectivity index (χ0v) is 17.0. The highest BCUT2D eigenvalue weighted by atomic mass is 16.5. The average Bonchev–Trinajstić information content (AvgIpc) is 3.32. The Kier molecular flexibility index (Phi) is 4.95. The molecule has 5 radical (unpaired) electrons. The lowest BCUT2D eigenvalue weighted by molar-refractivity contribution is -0.0278. The molecule has 0 saturated heterocycles. The van der Waals surface area contributed by atoms with Crippen molar-refractivity contribution < 1.29 is 9.84 Å². The molecule has 6 atom stereocenters. The normalized spacial score (nSPS) is 40.0. The second-order valence-corrected chi connectivity index (χ2v) is 9.49. The summed E-state index contributed by atoms with van der Waals surface area (Å²) in [5, 5.41) is 14.9. The van der Waals surface area contributed by atoms with Gasteiger partial charge in [-0.15, -0.1) is 0 Å². The summed E-state index contributed by atoms with van der Waals surface area (Å²) >= 11 is 0. The molecule has 3 nitrogen and oxygen atoms in total. The van der Waals surface area contributed by atoms with Gasteiger partial charge in [0.05, 0.1) is 13.2 Å². The van der Waals surface area contributed by atoms with Crippen LogP contribution in [0.3, 0.4) is 0 Å². The Hall–Kier alpha value is -1.06. The molecule has 28 heavy (non-hydrogen) atoms. The second kappa shape index (κ2) is 7.32. The van der Waals surface area contributed by atoms with Crippen LogP contribution in [-0.4, -0.2) is 30.9 Å². The monoisotopic (exact) mass is 378 g/mol. The van der Waals surface area contributed by atoms with E-state index in [1.165, 1.54) is 24.3 Å². The van der Waals surface area contributed by atoms with Gasteiger partial charge in [0.15, 0.2) is 0 Å². The SMILES string of the molecule is COc1ccc2c(c1)CC[C@@H]1[C@@H]2CC[C@]2(C)[C@H](O)[C@@H](NC[C]3[CH][CH][CH][CH]3)C[C@@H]12. The first-order chi connectivity index (χ1) is 13.6. The lowest BCUT2D eigenvalue weighted by Crippen LogP contribution is -2.47. The molecule has 5 rings (SSSR count). The Morgan fingerprint density at radius 2 is 2.04 bits per heavy atom. The van der Waals surface area contributed by atoms with Crippen molar-refractivity contribution in [3.05, 3.63) is 60.9 Å². The van der Waals surface area contributed by atoms with Crippen molar-refractivity contribution in [1.82, 2.24) is 5.32 Å². The Morgan fingerprint density at radius 1 is 1.21 bits per heavy atom. The van der Waals surface area contributed by atoms with Gasteiger partial charge in [0, 0.05) is 12.6 Å². The molecule has 0 bridgehead atoms. The van der Waals surface area contributed by atoms with E-state index in [0.29, 0.717) is 17.8 Å². The summed E-state index contributed by atoms with van der Waals surface area (Å²) in [6.07, 6.45) is 14.1. The Balaban J connectivity index is 1.34. The molecule has 3 fully saturated rings. The number of hydrogen-bond donors (Lipinski definition) is 2. The van der Waals surface area contributed by atoms with Gasteiger partial charge in [-0.2, -0.15) is 0 Å². The largest absolute Gasteiger partial charge is 0.497 e. The summed E-state index contributed by atoms with van der Waals surface area (Å²) in [6, 6.07) is 6.89. The molecule has 0 aromatic heterocycles. The van der Waals surface area contributed by atoms with Crippen molar-refractivity contribution in [3.63, 3.8) is 0 Å². The van der Waals surface area contributed by atoms with E-state index in [0.717, 1.165) is 31.6 Å². The van der Waals surface area contributed by atoms with E-state index in [-0.39, 0.29) is 17.6 Å². The minimum Gasteiger partial charge on any atom is -0.497 e. The summed E-state index contributed by atoms with van der Waals surface area (Å²) in [5.41, 5.74) is 3.07. The molecule has 0 unspecified atom stereocenters. The highest BCUT2D eigenvalue weighted by Gasteiger charge is 2.57. The van der Waals surface area contributed by atoms with E-state index in [4.69, 9.17) is 4.74 Å². The molecule has 4 aliphatic rings. The van der Waals surface area contributed by atoms with Crippen LogP contribution in [-0.2, 0) is 6.42 Å². The minimum absolute atomic E-state index is 0.0504. The molecule has 0 amide bonds. The van der Waals surface area contributed by atoms with Crippen LogP contribution in [0.2, 0.25) is 0 Å². The third-order valence-electron chi connectivity index (χ3n) is 8.24. The van der Waals surface area contributed by atoms with E-state index in [1.54, 1.807) is 12.7 Å². The number of benzene rings is 1. The predicted molar refractivity (Wildman–Crippen MR) is 111 cm³/mol. The van der Waals surface area contributed by atoms with E-state index < -0.39 is 0 Å². The predicted octanol–water partition coefficient (Wildman–Crippen LogP) is 3.89. The Morgan fingerprint density at radius 3 is 2.82 bits per heavy atom. The topological polar surface area (TPSA) is 41.5 Å². The fourth-order valence-corrected chi connectivity index (χ4v) is 6.68. The number of rotatable bonds is 4. The number of nitrogens with one attached hydrogen (secondary N) is 1. The van der Waals surface area contributed by atoms with Crippen LogP contribution in [0, 0.1) is 48.9 Å². The molecular formula is C25H32NO2. The maximum absolute atomic E-state index is 11.2. The van der Waals surface area contributed by atoms with Gasteiger partial charge >= 0.3 is 0 Å². The molecule has 0 aliphatic heterocycles. The minimum atomic E-state index is -0.245. The molecule has 1 aromatic carbocycles. The van der Waals surface area contributed by atoms with Crippen LogP contribution >= 0.6 is 0 Å². The lowest BCUT2D eigenvalue weighted by Gasteiger charge is -2.50. The zero-order chi connectivity index (χ0) is 19.3. The van der Waals surface area contributed by atoms with Crippen LogP contribution in [0.25, 0.3) is 0 Å². The number of aliphatic hydroxyl groups excluding tert-OH is 1. The fourth-order valence-electron chi connectivity index (χ4n) is 6.68. The molecular weight excluding hydrogens is 346 g/mol. The Bertz CT molecular complexity index is 712. The molecule has 0 spiro atoms. The summed E-state index contributed by atoms with van der Waals surface area (Å²) in [4.78, 5) is 0. The number of ether oxygens (including phenoxy) is 1. The summed E-state index contributed by atoms with van der Waals surface area (Å²) in [6.45, 7) is 3.21. The van der Waals surface area contributed by atoms with Gasteiger partial charge in [0.25, 0.3) is 0 Å². The van der Waals surface area contributed by atoms with Crippen molar-refractivity contribution in [2.75, 3.05) is 13.7 Å². The maximum atomic E-state index is 11.2. The summed E-state index contributed by atoms with van der Waals surface area (Å²) in [7, 11) is 1.75. The third kappa shape index (κ3) is 3.01. The number of aryl methyl sites for hydroxylation is 1. The number of methoxy groups -OCH3 is 1. The van der Waals surface area contributed by atoms with Crippen LogP contribution in [0.15, 0.2) is 18.2 Å². The van der Waals surface area contributed by atoms with Crippen molar-refractivity contribution in [2.45, 2.75) is 57.1 Å². The summed E-state index contributed by atoms with van der Waals surface area (Å²) in [5.74, 6) is 4.24. The van der Waals surface area contributed by atoms with Crippen LogP contribution in [0.4, 0.5) is 0 Å². The smallest absolute Gasteiger partial charge is 0.119 e. The molecule has 0 heterocycles. The van der Waals surface area contributed by atoms with Gasteiger partial charge in [0.2, 0.25) is 0 Å². The van der Waals surface area contributed by atoms with Crippen molar-refractivity contribution in [1.29, 1.82) is 0 Å². The first-order valence-electron chi connectivity index (χ1n) is 10.9. The zero-order valence-electron chi connectivity index (χ0n) is 17.0. The van der Waals surface area contributed by atoms with E-state index in [9.17, 15) is 5.11 Å². The number of aliphatic hydroxyl groups is 1. The molecule has 3 saturated carbocycles. The van der Waals surface area contributed by atoms with Crippen molar-refractivity contribution >= 4 is 0 Å². The number of hydrogen-bond acceptors (Lipinski definition) is 3. The molecule has 2 N–H and O–H groups in total. The van der Waals surface area contributed by atoms with Gasteiger partial charge in [-0.25, -0.2) is 0 Å². The second-order valence-electron chi connectivity index (χ2n) is 9.49. The van der Waals surface area contributed by atoms with Crippen molar-refractivity contribution in [3.8, 4) is 5.75 Å². The first kappa shape index (κ1) is 18.9. The average molecular weight is 379 g/mol. The van der Waals surface area contributed by atoms with Crippen molar-refractivity contribution in [2.24, 2.45) is 17.3 Å². The van der Waals surface area contributed by atoms with Gasteiger partial charge in [-0.1, -0.05) is 13.0 Å². The quantitative estimate of drug-likeness (QED) is 0.835. The standard InChI is InChI=1S/C25H32NO2/c1-25-12-11-20-19-10-8-18(28-2)13-17(19)7-9-21(20)22(25)14-23(24(25)27)26-15-16-5-3-4-6-16/h3-6,8,10,13,20-24,26-27H,7,9,11-12,14-15H2,1-2H3/t20-,21-,22+,23+,24-,25+/m1/s1. The molecule has 3 heteroatoms. The third-order valence-corrected chi connectivity index (χ3v) is 8.24. The molecule has 149 valence electrons. The molecule has 1 aromatic rings. The lowest BCUT2D eigenvalue weighted by atomic mass is 9.55. The maximum Gasteiger partial charge on any atom is 0.119 e. The van der Waals surface area contributed by atoms with E-state index in [1.807, 2.05) is 0 Å². The van der Waals surface area contributed by atoms with Gasteiger partial charge < -0.3 is 15.2 Å². The number of fused-ring (bicyclic) bond motifs is 5. The first-order valence-corrected chi connectivity index (χ1v) is 10.9. The van der Waals surface area contributed by atoms with Crippen LogP contribution in [0.5, 0.6) is 5.75 Å². The van der Waals surface area contributed by atoms with Gasteiger partial charge in [-0.05, 0) is 110 Å². The van der Waals surface area contributed by atoms with Crippen LogP contribution in [0.1, 0.15) is 49.7 Å². The summed E-state index contributed by atoms with van der Waals surface area (Å²) < 4.78 is 5.45. The van der Waals surface area contributed by atoms with Gasteiger partial charge in [0.1, 0.15) is 5.75 Å². The molecule has 4 aliphatic carbocycles. The van der Waals surface area contributed by atoms with Gasteiger partial charge in [-0.3, -0.25) is 0 Å². The highest BCUT2D eigenvalue weighted by molar-refractivity contribution is 5.41. The van der Waals surface area contributed by atoms with E-state index >= 15 is 0 Å². The fraction of sp³-hybridized carbons (Fsp3) is 0.560. The van der Waals surface area contributed by atoms with Crippen LogP contribution < -0.4 is 10.1 Å². The Labute approximate surface area is 170 Å². The van der Waals surface area contributed by atoms with E-state index in [2.05, 4.69) is 56.1 Å².